The van der Waals surface area contributed by atoms with Gasteiger partial charge >= 0.3 is 11.5 Å². The second-order valence-corrected chi connectivity index (χ2v) is 7.91. The summed E-state index contributed by atoms with van der Waals surface area (Å²) in [6, 6.07) is 13.1. The normalized spacial score (nSPS) is 14.5. The molecule has 5 rings (SSSR count). The first-order valence-electron chi connectivity index (χ1n) is 11.7. The van der Waals surface area contributed by atoms with Crippen LogP contribution in [0.1, 0.15) is 63.0 Å². The minimum absolute atomic E-state index is 1.03. The Bertz CT molecular complexity index is 1140. The zero-order valence-electron chi connectivity index (χ0n) is 19.2. The molecule has 0 atom stereocenters. The highest BCUT2D eigenvalue weighted by Crippen LogP contribution is 2.46. The molecule has 2 nitrogen and oxygen atoms in total. The van der Waals surface area contributed by atoms with Gasteiger partial charge in [0.05, 0.1) is 22.3 Å². The maximum atomic E-state index is 6.79. The molecule has 3 aromatic rings. The highest BCUT2D eigenvalue weighted by Gasteiger charge is 2.38. The molecule has 158 valence electrons. The molecule has 2 aliphatic rings. The van der Waals surface area contributed by atoms with Crippen LogP contribution in [0.3, 0.4) is 0 Å². The maximum Gasteiger partial charge on any atom is 0.364 e. The van der Waals surface area contributed by atoms with E-state index in [0.717, 1.165) is 43.6 Å². The van der Waals surface area contributed by atoms with Gasteiger partial charge in [0, 0.05) is 17.7 Å². The van der Waals surface area contributed by atoms with Crippen LogP contribution in [0, 0.1) is 0 Å². The number of aromatic nitrogens is 1. The summed E-state index contributed by atoms with van der Waals surface area (Å²) in [5.41, 5.74) is 10.8. The van der Waals surface area contributed by atoms with Crippen LogP contribution in [0.4, 0.5) is 0 Å². The Labute approximate surface area is 186 Å². The largest absolute Gasteiger partial charge is 0.364 e. The smallest absolute Gasteiger partial charge is 0.218 e. The van der Waals surface area contributed by atoms with Crippen LogP contribution < -0.4 is 4.98 Å². The zero-order chi connectivity index (χ0) is 21.8. The predicted octanol–water partition coefficient (Wildman–Crippen LogP) is 7.52. The molecule has 0 saturated heterocycles. The number of allylic oxidation sites excluding steroid dienone is 4. The molecule has 0 amide bonds. The van der Waals surface area contributed by atoms with Crippen LogP contribution in [0.5, 0.6) is 0 Å². The molecule has 0 bridgehead atoms. The number of nitrogens with one attached hydrogen (secondary N) is 1. The van der Waals surface area contributed by atoms with E-state index in [9.17, 15) is 0 Å². The molecule has 1 aromatic carbocycles. The summed E-state index contributed by atoms with van der Waals surface area (Å²) in [7, 11) is 0. The van der Waals surface area contributed by atoms with Crippen LogP contribution in [0.25, 0.3) is 28.0 Å². The fraction of sp³-hybridized carbons (Fsp3) is 0.310. The number of benzene rings is 1. The fourth-order valence-electron chi connectivity index (χ4n) is 4.97. The van der Waals surface area contributed by atoms with Gasteiger partial charge < -0.3 is 0 Å². The standard InChI is InChI=1S/C27H26NO.C2H6/c1-3-7-21-18(4-2)10-12-23-25(20-14-16-28-17-15-20)24-13-11-19-8-5-6-9-22(19)27(24)29-26(21)23;1-2/h3,5-9,14-17H,4,10-13H2,1-2H3;1-2H3/q+1;/p+1/b7-3-;. The molecule has 0 saturated carbocycles. The van der Waals surface area contributed by atoms with Gasteiger partial charge in [-0.25, -0.2) is 9.40 Å². The van der Waals surface area contributed by atoms with Crippen molar-refractivity contribution in [2.24, 2.45) is 0 Å². The molecule has 1 N–H and O–H groups in total. The molecule has 0 fully saturated rings. The number of hydrogen-bond acceptors (Lipinski definition) is 0. The first-order chi connectivity index (χ1) is 15.3. The van der Waals surface area contributed by atoms with Crippen molar-refractivity contribution in [3.63, 3.8) is 0 Å². The first kappa shape index (κ1) is 21.2. The van der Waals surface area contributed by atoms with E-state index in [-0.39, 0.29) is 0 Å². The number of hydrogen-bond donors (Lipinski definition) is 0. The van der Waals surface area contributed by atoms with E-state index >= 15 is 0 Å². The van der Waals surface area contributed by atoms with E-state index in [1.165, 1.54) is 44.5 Å². The molecule has 31 heavy (non-hydrogen) atoms. The van der Waals surface area contributed by atoms with Crippen molar-refractivity contribution in [1.82, 2.24) is 0 Å². The lowest BCUT2D eigenvalue weighted by molar-refractivity contribution is -0.377. The minimum Gasteiger partial charge on any atom is -0.218 e. The molecule has 2 heterocycles. The molecule has 2 aromatic heterocycles. The number of aryl methyl sites for hydroxylation is 1. The summed E-state index contributed by atoms with van der Waals surface area (Å²) in [6.07, 6.45) is 13.8. The third-order valence-corrected chi connectivity index (χ3v) is 6.33. The molecular formula is C29H33NO+2. The van der Waals surface area contributed by atoms with Crippen molar-refractivity contribution < 1.29 is 9.40 Å². The topological polar surface area (TPSA) is 25.4 Å². The van der Waals surface area contributed by atoms with Crippen LogP contribution in [-0.4, -0.2) is 0 Å². The average molecular weight is 412 g/mol. The van der Waals surface area contributed by atoms with E-state index in [0.29, 0.717) is 0 Å². The van der Waals surface area contributed by atoms with Gasteiger partial charge in [-0.3, -0.25) is 0 Å². The Hall–Kier alpha value is -3.00. The van der Waals surface area contributed by atoms with Crippen LogP contribution in [0.2, 0.25) is 0 Å². The second kappa shape index (κ2) is 9.43. The summed E-state index contributed by atoms with van der Waals surface area (Å²) in [6.45, 7) is 8.35. The lowest BCUT2D eigenvalue weighted by Gasteiger charge is -2.22. The number of pyridine rings is 1. The van der Waals surface area contributed by atoms with E-state index in [1.807, 2.05) is 26.2 Å². The van der Waals surface area contributed by atoms with Crippen LogP contribution in [0.15, 0.2) is 70.9 Å². The fourth-order valence-corrected chi connectivity index (χ4v) is 4.97. The third-order valence-electron chi connectivity index (χ3n) is 6.33. The monoisotopic (exact) mass is 411 g/mol. The van der Waals surface area contributed by atoms with E-state index in [2.05, 4.69) is 67.4 Å². The summed E-state index contributed by atoms with van der Waals surface area (Å²) >= 11 is 0. The molecule has 2 aliphatic carbocycles. The number of H-pyrrole nitrogens is 1. The van der Waals surface area contributed by atoms with Crippen molar-refractivity contribution in [3.05, 3.63) is 89.0 Å². The molecule has 0 spiro atoms. The average Bonchev–Trinajstić information content (AvgIpc) is 2.84. The van der Waals surface area contributed by atoms with Gasteiger partial charge in [-0.05, 0) is 62.3 Å². The van der Waals surface area contributed by atoms with E-state index in [1.54, 1.807) is 0 Å². The highest BCUT2D eigenvalue weighted by atomic mass is 16.3. The quantitative estimate of drug-likeness (QED) is 0.409. The Morgan fingerprint density at radius 2 is 1.61 bits per heavy atom. The Morgan fingerprint density at radius 3 is 2.35 bits per heavy atom. The van der Waals surface area contributed by atoms with Gasteiger partial charge in [-0.15, -0.1) is 0 Å². The predicted molar refractivity (Wildman–Crippen MR) is 130 cm³/mol. The first-order valence-corrected chi connectivity index (χ1v) is 11.7. The van der Waals surface area contributed by atoms with Gasteiger partial charge in [-0.2, -0.15) is 0 Å². The van der Waals surface area contributed by atoms with E-state index < -0.39 is 0 Å². The van der Waals surface area contributed by atoms with Gasteiger partial charge in [0.1, 0.15) is 0 Å². The van der Waals surface area contributed by atoms with Gasteiger partial charge in [-0.1, -0.05) is 50.6 Å². The van der Waals surface area contributed by atoms with E-state index in [4.69, 9.17) is 4.42 Å². The Balaban J connectivity index is 0.00000112. The third kappa shape index (κ3) is 3.76. The van der Waals surface area contributed by atoms with Gasteiger partial charge in [0.2, 0.25) is 0 Å². The number of rotatable bonds is 3. The summed E-state index contributed by atoms with van der Waals surface area (Å²) in [5.74, 6) is 2.14. The molecule has 0 radical (unpaired) electrons. The zero-order valence-corrected chi connectivity index (χ0v) is 19.2. The maximum absolute atomic E-state index is 6.79. The SMILES string of the molecule is C/C=C\C1=C(CC)CCc2c1[o+]c1c(c2-c2cc[nH+]cc2)CCc2ccccc2-1.CC. The summed E-state index contributed by atoms with van der Waals surface area (Å²) < 4.78 is 6.79. The van der Waals surface area contributed by atoms with Crippen molar-refractivity contribution >= 4 is 5.57 Å². The number of aromatic amines is 1. The Kier molecular flexibility index (Phi) is 6.46. The molecule has 0 aliphatic heterocycles. The minimum atomic E-state index is 1.03. The number of fused-ring (bicyclic) bond motifs is 4. The van der Waals surface area contributed by atoms with Gasteiger partial charge in [0.15, 0.2) is 12.4 Å². The van der Waals surface area contributed by atoms with Crippen LogP contribution in [-0.2, 0) is 19.3 Å². The van der Waals surface area contributed by atoms with Crippen LogP contribution >= 0.6 is 0 Å². The van der Waals surface area contributed by atoms with Crippen molar-refractivity contribution in [3.8, 4) is 22.5 Å². The van der Waals surface area contributed by atoms with Crippen molar-refractivity contribution in [1.29, 1.82) is 0 Å². The second-order valence-electron chi connectivity index (χ2n) is 7.91. The lowest BCUT2D eigenvalue weighted by atomic mass is 9.79. The van der Waals surface area contributed by atoms with Crippen molar-refractivity contribution in [2.45, 2.75) is 59.8 Å². The highest BCUT2D eigenvalue weighted by molar-refractivity contribution is 5.87. The lowest BCUT2D eigenvalue weighted by Crippen LogP contribution is -2.13. The Morgan fingerprint density at radius 1 is 0.903 bits per heavy atom. The molecular weight excluding hydrogens is 378 g/mol. The molecule has 0 unspecified atom stereocenters. The van der Waals surface area contributed by atoms with Gasteiger partial charge in [0.25, 0.3) is 0 Å². The van der Waals surface area contributed by atoms with Crippen molar-refractivity contribution in [2.75, 3.05) is 0 Å². The summed E-state index contributed by atoms with van der Waals surface area (Å²) in [4.78, 5) is 3.18. The summed E-state index contributed by atoms with van der Waals surface area (Å²) in [5, 5.41) is 0. The molecule has 2 heteroatoms.